The van der Waals surface area contributed by atoms with Crippen molar-refractivity contribution in [3.05, 3.63) is 22.8 Å². The SMILES string of the molecule is [B]N=C(N)/C(N)=C(N)\C(N)=C(/C)N. The normalized spacial score (nSPS) is 16.2. The van der Waals surface area contributed by atoms with E-state index in [4.69, 9.17) is 36.6 Å². The fourth-order valence-electron chi connectivity index (χ4n) is 0.565. The quantitative estimate of drug-likeness (QED) is 0.140. The van der Waals surface area contributed by atoms with Gasteiger partial charge in [-0.2, -0.15) is 0 Å². The van der Waals surface area contributed by atoms with Gasteiger partial charge in [-0.25, -0.2) is 0 Å². The summed E-state index contributed by atoms with van der Waals surface area (Å²) in [5.41, 5.74) is 27.8. The lowest BCUT2D eigenvalue weighted by molar-refractivity contribution is 1.11. The maximum atomic E-state index is 5.51. The van der Waals surface area contributed by atoms with Crippen LogP contribution in [0.2, 0.25) is 0 Å². The Labute approximate surface area is 78.0 Å². The van der Waals surface area contributed by atoms with Gasteiger partial charge in [0.2, 0.25) is 0 Å². The van der Waals surface area contributed by atoms with Crippen molar-refractivity contribution >= 4 is 13.8 Å². The Morgan fingerprint density at radius 1 is 0.923 bits per heavy atom. The second kappa shape index (κ2) is 4.29. The second-order valence-electron chi connectivity index (χ2n) is 2.44. The number of allylic oxidation sites excluding steroid dienone is 1. The molecule has 0 aliphatic carbocycles. The Morgan fingerprint density at radius 2 is 1.38 bits per heavy atom. The van der Waals surface area contributed by atoms with Gasteiger partial charge in [-0.15, -0.1) is 0 Å². The summed E-state index contributed by atoms with van der Waals surface area (Å²) in [7, 11) is 4.89. The minimum Gasteiger partial charge on any atom is -0.401 e. The molecular formula is C6H13BN6. The van der Waals surface area contributed by atoms with E-state index in [0.717, 1.165) is 0 Å². The van der Waals surface area contributed by atoms with Crippen molar-refractivity contribution in [3.8, 4) is 0 Å². The first-order valence-electron chi connectivity index (χ1n) is 3.43. The highest BCUT2D eigenvalue weighted by atomic mass is 14.9. The fraction of sp³-hybridized carbons (Fsp3) is 0.167. The lowest BCUT2D eigenvalue weighted by atomic mass is 10.2. The largest absolute Gasteiger partial charge is 0.401 e. The Morgan fingerprint density at radius 3 is 1.69 bits per heavy atom. The zero-order chi connectivity index (χ0) is 10.6. The summed E-state index contributed by atoms with van der Waals surface area (Å²) in [6.07, 6.45) is 0. The Kier molecular flexibility index (Phi) is 3.70. The van der Waals surface area contributed by atoms with E-state index in [2.05, 4.69) is 4.90 Å². The van der Waals surface area contributed by atoms with Crippen molar-refractivity contribution in [3.63, 3.8) is 0 Å². The Balaban J connectivity index is 5.17. The van der Waals surface area contributed by atoms with Gasteiger partial charge in [0, 0.05) is 5.70 Å². The van der Waals surface area contributed by atoms with Crippen LogP contribution in [0.1, 0.15) is 6.92 Å². The number of nitrogens with zero attached hydrogens (tertiary/aromatic N) is 1. The molecule has 0 saturated carbocycles. The van der Waals surface area contributed by atoms with E-state index in [-0.39, 0.29) is 22.9 Å². The van der Waals surface area contributed by atoms with Gasteiger partial charge in [-0.05, 0) is 6.92 Å². The molecule has 0 spiro atoms. The van der Waals surface area contributed by atoms with E-state index in [9.17, 15) is 0 Å². The highest BCUT2D eigenvalue weighted by Crippen LogP contribution is 2.02. The molecule has 0 saturated heterocycles. The standard InChI is InChI=1S/C6H13BN6/c1-2(8)3(9)4(10)5(11)6(12)13-7/h8-11H2,1H3,(H2,12,13)/b3-2-,5-4-. The molecule has 70 valence electrons. The van der Waals surface area contributed by atoms with E-state index in [1.165, 1.54) is 0 Å². The fourth-order valence-corrected chi connectivity index (χ4v) is 0.565. The molecule has 0 bridgehead atoms. The number of hydrogen-bond acceptors (Lipinski definition) is 5. The van der Waals surface area contributed by atoms with Gasteiger partial charge in [0.05, 0.1) is 17.1 Å². The lowest BCUT2D eigenvalue weighted by Crippen LogP contribution is -2.28. The zero-order valence-electron chi connectivity index (χ0n) is 7.41. The average molecular weight is 180 g/mol. The van der Waals surface area contributed by atoms with Crippen molar-refractivity contribution in [2.75, 3.05) is 0 Å². The minimum absolute atomic E-state index is 0.0183. The van der Waals surface area contributed by atoms with Crippen molar-refractivity contribution in [1.29, 1.82) is 0 Å². The molecule has 0 aliphatic heterocycles. The number of nitrogens with two attached hydrogens (primary N) is 5. The zero-order valence-corrected chi connectivity index (χ0v) is 7.41. The van der Waals surface area contributed by atoms with Crippen molar-refractivity contribution in [2.24, 2.45) is 33.6 Å². The summed E-state index contributed by atoms with van der Waals surface area (Å²) in [4.78, 5) is 3.16. The van der Waals surface area contributed by atoms with Gasteiger partial charge >= 0.3 is 0 Å². The molecule has 0 aromatic rings. The highest BCUT2D eigenvalue weighted by Gasteiger charge is 2.06. The van der Waals surface area contributed by atoms with Crippen LogP contribution in [0, 0.1) is 0 Å². The molecule has 0 atom stereocenters. The summed E-state index contributed by atoms with van der Waals surface area (Å²) in [6, 6.07) is 0. The Bertz CT molecular complexity index is 285. The molecule has 2 radical (unpaired) electrons. The number of rotatable bonds is 2. The van der Waals surface area contributed by atoms with Crippen molar-refractivity contribution < 1.29 is 0 Å². The van der Waals surface area contributed by atoms with Gasteiger partial charge in [0.25, 0.3) is 7.98 Å². The maximum Gasteiger partial charge on any atom is 0.262 e. The van der Waals surface area contributed by atoms with Gasteiger partial charge in [-0.1, -0.05) is 0 Å². The van der Waals surface area contributed by atoms with Crippen LogP contribution in [0.3, 0.4) is 0 Å². The molecule has 6 nitrogen and oxygen atoms in total. The van der Waals surface area contributed by atoms with E-state index < -0.39 is 0 Å². The molecule has 0 aliphatic rings. The first-order chi connectivity index (χ1) is 5.91. The number of hydrogen-bond donors (Lipinski definition) is 5. The van der Waals surface area contributed by atoms with Crippen LogP contribution >= 0.6 is 0 Å². The monoisotopic (exact) mass is 180 g/mol. The summed E-state index contributed by atoms with van der Waals surface area (Å²) >= 11 is 0. The van der Waals surface area contributed by atoms with Crippen LogP contribution in [0.15, 0.2) is 27.7 Å². The molecule has 10 N–H and O–H groups in total. The third-order valence-corrected chi connectivity index (χ3v) is 1.42. The third-order valence-electron chi connectivity index (χ3n) is 1.42. The van der Waals surface area contributed by atoms with E-state index >= 15 is 0 Å². The molecule has 0 unspecified atom stereocenters. The predicted octanol–water partition coefficient (Wildman–Crippen LogP) is -2.29. The van der Waals surface area contributed by atoms with Crippen LogP contribution in [0.5, 0.6) is 0 Å². The van der Waals surface area contributed by atoms with Crippen LogP contribution in [0.4, 0.5) is 0 Å². The summed E-state index contributed by atoms with van der Waals surface area (Å²) < 4.78 is 0. The molecule has 0 aromatic heterocycles. The maximum absolute atomic E-state index is 5.51. The molecule has 0 aromatic carbocycles. The molecule has 7 heteroatoms. The summed E-state index contributed by atoms with van der Waals surface area (Å²) in [6.45, 7) is 1.59. The van der Waals surface area contributed by atoms with E-state index in [1.54, 1.807) is 6.92 Å². The minimum atomic E-state index is -0.0818. The molecule has 0 fully saturated rings. The topological polar surface area (TPSA) is 142 Å². The molecule has 0 rings (SSSR count). The van der Waals surface area contributed by atoms with Gasteiger partial charge in [0.1, 0.15) is 5.84 Å². The van der Waals surface area contributed by atoms with Crippen LogP contribution < -0.4 is 28.7 Å². The lowest BCUT2D eigenvalue weighted by Gasteiger charge is -2.08. The molecule has 0 amide bonds. The predicted molar refractivity (Wildman–Crippen MR) is 53.9 cm³/mol. The molecule has 13 heavy (non-hydrogen) atoms. The second-order valence-corrected chi connectivity index (χ2v) is 2.44. The number of amidine groups is 1. The van der Waals surface area contributed by atoms with Crippen LogP contribution in [-0.4, -0.2) is 13.8 Å². The summed E-state index contributed by atoms with van der Waals surface area (Å²) in [5.74, 6) is -0.0818. The van der Waals surface area contributed by atoms with E-state index in [1.807, 2.05) is 0 Å². The third kappa shape index (κ3) is 2.62. The van der Waals surface area contributed by atoms with E-state index in [0.29, 0.717) is 5.70 Å². The van der Waals surface area contributed by atoms with Crippen molar-refractivity contribution in [2.45, 2.75) is 6.92 Å². The highest BCUT2D eigenvalue weighted by molar-refractivity contribution is 6.15. The first kappa shape index (κ1) is 11.2. The van der Waals surface area contributed by atoms with Gasteiger partial charge in [-0.3, -0.25) is 0 Å². The van der Waals surface area contributed by atoms with Crippen LogP contribution in [0.25, 0.3) is 0 Å². The molecular weight excluding hydrogens is 167 g/mol. The first-order valence-corrected chi connectivity index (χ1v) is 3.43. The molecule has 0 heterocycles. The van der Waals surface area contributed by atoms with Gasteiger partial charge < -0.3 is 33.6 Å². The average Bonchev–Trinajstić information content (AvgIpc) is 2.12. The summed E-state index contributed by atoms with van der Waals surface area (Å²) in [5, 5.41) is 0. The van der Waals surface area contributed by atoms with Crippen molar-refractivity contribution in [1.82, 2.24) is 0 Å². The smallest absolute Gasteiger partial charge is 0.262 e. The van der Waals surface area contributed by atoms with Crippen LogP contribution in [-0.2, 0) is 0 Å². The Hall–Kier alpha value is -1.79. The van der Waals surface area contributed by atoms with Gasteiger partial charge in [0.15, 0.2) is 0 Å².